The maximum atomic E-state index is 13.9. The van der Waals surface area contributed by atoms with Crippen molar-refractivity contribution in [3.05, 3.63) is 105 Å². The molecule has 0 bridgehead atoms. The highest BCUT2D eigenvalue weighted by Crippen LogP contribution is 2.24. The summed E-state index contributed by atoms with van der Waals surface area (Å²) in [5.41, 5.74) is 6.30. The second-order valence-electron chi connectivity index (χ2n) is 7.53. The van der Waals surface area contributed by atoms with Gasteiger partial charge in [-0.05, 0) is 78.8 Å². The first kappa shape index (κ1) is 21.5. The van der Waals surface area contributed by atoms with Crippen LogP contribution in [0.15, 0.2) is 54.6 Å². The van der Waals surface area contributed by atoms with Gasteiger partial charge in [-0.25, -0.2) is 8.78 Å². The number of benzene rings is 3. The van der Waals surface area contributed by atoms with Crippen LogP contribution >= 0.6 is 0 Å². The number of carbonyl (C=O) groups is 1. The zero-order chi connectivity index (χ0) is 21.7. The van der Waals surface area contributed by atoms with Crippen molar-refractivity contribution in [2.45, 2.75) is 39.5 Å². The maximum Gasteiger partial charge on any atom is 0.150 e. The predicted molar refractivity (Wildman–Crippen MR) is 117 cm³/mol. The quantitative estimate of drug-likeness (QED) is 0.360. The van der Waals surface area contributed by atoms with E-state index in [1.807, 2.05) is 39.0 Å². The van der Waals surface area contributed by atoms with Gasteiger partial charge in [0.2, 0.25) is 0 Å². The van der Waals surface area contributed by atoms with E-state index in [-0.39, 0.29) is 5.92 Å². The van der Waals surface area contributed by atoms with Gasteiger partial charge in [0.1, 0.15) is 17.9 Å². The lowest BCUT2D eigenvalue weighted by Crippen LogP contribution is -2.03. The van der Waals surface area contributed by atoms with E-state index in [0.717, 1.165) is 35.5 Å². The molecule has 0 radical (unpaired) electrons. The number of carbonyl (C=O) groups excluding carboxylic acids is 1. The Hall–Kier alpha value is -3.25. The van der Waals surface area contributed by atoms with Crippen LogP contribution in [0.25, 0.3) is 0 Å². The molecule has 0 heterocycles. The fourth-order valence-electron chi connectivity index (χ4n) is 3.47. The van der Waals surface area contributed by atoms with E-state index < -0.39 is 11.6 Å². The monoisotopic (exact) mass is 402 g/mol. The molecule has 3 aromatic carbocycles. The van der Waals surface area contributed by atoms with Crippen molar-refractivity contribution in [2.24, 2.45) is 0 Å². The zero-order valence-electron chi connectivity index (χ0n) is 17.4. The Morgan fingerprint density at radius 3 is 2.30 bits per heavy atom. The lowest BCUT2D eigenvalue weighted by Gasteiger charge is -2.13. The van der Waals surface area contributed by atoms with Crippen LogP contribution in [0, 0.1) is 37.3 Å². The van der Waals surface area contributed by atoms with E-state index in [4.69, 9.17) is 0 Å². The van der Waals surface area contributed by atoms with Gasteiger partial charge in [-0.3, -0.25) is 4.79 Å². The van der Waals surface area contributed by atoms with Crippen LogP contribution < -0.4 is 0 Å². The molecule has 30 heavy (non-hydrogen) atoms. The van der Waals surface area contributed by atoms with Crippen LogP contribution in [0.2, 0.25) is 0 Å². The van der Waals surface area contributed by atoms with Crippen molar-refractivity contribution in [2.75, 3.05) is 0 Å². The van der Waals surface area contributed by atoms with Crippen molar-refractivity contribution >= 4 is 6.29 Å². The van der Waals surface area contributed by atoms with E-state index in [1.165, 1.54) is 23.3 Å². The van der Waals surface area contributed by atoms with Crippen LogP contribution in [-0.4, -0.2) is 6.29 Å². The average Bonchev–Trinajstić information content (AvgIpc) is 2.72. The first-order valence-corrected chi connectivity index (χ1v) is 10.0. The molecule has 0 saturated carbocycles. The van der Waals surface area contributed by atoms with E-state index >= 15 is 0 Å². The van der Waals surface area contributed by atoms with Gasteiger partial charge < -0.3 is 0 Å². The molecule has 3 rings (SSSR count). The summed E-state index contributed by atoms with van der Waals surface area (Å²) >= 11 is 0. The number of halogens is 2. The fourth-order valence-corrected chi connectivity index (χ4v) is 3.47. The Morgan fingerprint density at radius 2 is 1.67 bits per heavy atom. The highest BCUT2D eigenvalue weighted by molar-refractivity contribution is 5.77. The van der Waals surface area contributed by atoms with E-state index in [1.54, 1.807) is 12.1 Å². The second-order valence-corrected chi connectivity index (χ2v) is 7.53. The van der Waals surface area contributed by atoms with Gasteiger partial charge in [-0.15, -0.1) is 0 Å². The minimum Gasteiger partial charge on any atom is -0.298 e. The number of aryl methyl sites for hydroxylation is 3. The molecule has 0 saturated heterocycles. The summed E-state index contributed by atoms with van der Waals surface area (Å²) in [7, 11) is 0. The minimum atomic E-state index is -0.611. The molecule has 0 aromatic heterocycles. The third kappa shape index (κ3) is 5.21. The molecule has 0 spiro atoms. The van der Waals surface area contributed by atoms with Crippen molar-refractivity contribution in [1.29, 1.82) is 0 Å². The third-order valence-electron chi connectivity index (χ3n) is 5.34. The van der Waals surface area contributed by atoms with Crippen LogP contribution in [0.4, 0.5) is 8.78 Å². The molecule has 3 heteroatoms. The van der Waals surface area contributed by atoms with Crippen LogP contribution in [0.1, 0.15) is 56.6 Å². The van der Waals surface area contributed by atoms with Crippen LogP contribution in [0.3, 0.4) is 0 Å². The van der Waals surface area contributed by atoms with Crippen molar-refractivity contribution in [3.63, 3.8) is 0 Å². The molecular formula is C27H24F2O. The van der Waals surface area contributed by atoms with Gasteiger partial charge in [0, 0.05) is 23.1 Å². The van der Waals surface area contributed by atoms with Crippen molar-refractivity contribution in [1.82, 2.24) is 0 Å². The fraction of sp³-hybridized carbons (Fsp3) is 0.222. The molecule has 1 nitrogen and oxygen atoms in total. The maximum absolute atomic E-state index is 13.9. The highest BCUT2D eigenvalue weighted by Gasteiger charge is 2.13. The first-order chi connectivity index (χ1) is 14.4. The number of hydrogen-bond donors (Lipinski definition) is 0. The molecule has 0 fully saturated rings. The summed E-state index contributed by atoms with van der Waals surface area (Å²) in [4.78, 5) is 11.2. The molecule has 0 aliphatic rings. The number of rotatable bonds is 5. The zero-order valence-corrected chi connectivity index (χ0v) is 17.4. The van der Waals surface area contributed by atoms with E-state index in [9.17, 15) is 13.6 Å². The summed E-state index contributed by atoms with van der Waals surface area (Å²) in [6.45, 7) is 6.08. The van der Waals surface area contributed by atoms with Gasteiger partial charge in [-0.1, -0.05) is 43.0 Å². The van der Waals surface area contributed by atoms with Gasteiger partial charge in [-0.2, -0.15) is 0 Å². The Morgan fingerprint density at radius 1 is 0.933 bits per heavy atom. The topological polar surface area (TPSA) is 17.1 Å². The summed E-state index contributed by atoms with van der Waals surface area (Å²) in [5.74, 6) is 4.76. The molecule has 152 valence electrons. The molecule has 0 N–H and O–H groups in total. The SMILES string of the molecule is CCc1cc(C#CC(Cc2ccc(C)c(C)c2)c2cc(F)cc(F)c2)ccc1C=O. The Bertz CT molecular complexity index is 1120. The molecule has 1 atom stereocenters. The van der Waals surface area contributed by atoms with Gasteiger partial charge in [0.05, 0.1) is 0 Å². The second kappa shape index (κ2) is 9.50. The first-order valence-electron chi connectivity index (χ1n) is 10.0. The number of aldehydes is 1. The molecule has 0 amide bonds. The standard InChI is InChI=1S/C27H24F2O/c1-4-22-12-20(8-10-24(22)17-30)7-9-23(25-14-26(28)16-27(29)15-25)13-21-6-5-18(2)19(3)11-21/h5-6,8,10-12,14-17,23H,4,13H2,1-3H3. The largest absolute Gasteiger partial charge is 0.298 e. The normalized spacial score (nSPS) is 11.5. The van der Waals surface area contributed by atoms with Crippen LogP contribution in [0.5, 0.6) is 0 Å². The molecule has 0 aliphatic heterocycles. The van der Waals surface area contributed by atoms with E-state index in [0.29, 0.717) is 17.5 Å². The van der Waals surface area contributed by atoms with Gasteiger partial charge in [0.25, 0.3) is 0 Å². The average molecular weight is 402 g/mol. The molecular weight excluding hydrogens is 378 g/mol. The number of hydrogen-bond acceptors (Lipinski definition) is 1. The summed E-state index contributed by atoms with van der Waals surface area (Å²) in [6.07, 6.45) is 2.11. The summed E-state index contributed by atoms with van der Waals surface area (Å²) in [5, 5.41) is 0. The third-order valence-corrected chi connectivity index (χ3v) is 5.34. The van der Waals surface area contributed by atoms with E-state index in [2.05, 4.69) is 17.9 Å². The minimum absolute atomic E-state index is 0.367. The predicted octanol–water partition coefficient (Wildman–Crippen LogP) is 6.33. The van der Waals surface area contributed by atoms with Crippen molar-refractivity contribution in [3.8, 4) is 11.8 Å². The molecule has 1 unspecified atom stereocenters. The highest BCUT2D eigenvalue weighted by atomic mass is 19.1. The summed E-state index contributed by atoms with van der Waals surface area (Å²) < 4.78 is 27.7. The molecule has 3 aromatic rings. The van der Waals surface area contributed by atoms with Gasteiger partial charge >= 0.3 is 0 Å². The van der Waals surface area contributed by atoms with Crippen molar-refractivity contribution < 1.29 is 13.6 Å². The van der Waals surface area contributed by atoms with Gasteiger partial charge in [0.15, 0.2) is 0 Å². The van der Waals surface area contributed by atoms with Crippen LogP contribution in [-0.2, 0) is 12.8 Å². The lowest BCUT2D eigenvalue weighted by atomic mass is 9.90. The Balaban J connectivity index is 2.00. The Kier molecular flexibility index (Phi) is 6.79. The molecule has 0 aliphatic carbocycles. The smallest absolute Gasteiger partial charge is 0.150 e. The Labute approximate surface area is 176 Å². The lowest BCUT2D eigenvalue weighted by molar-refractivity contribution is 0.112. The summed E-state index contributed by atoms with van der Waals surface area (Å²) in [6, 6.07) is 15.2.